The monoisotopic (exact) mass is 804 g/mol. The third kappa shape index (κ3) is 11.3. The molecular formula is C44H70NO12+. The lowest BCUT2D eigenvalue weighted by Gasteiger charge is -2.47. The van der Waals surface area contributed by atoms with Crippen molar-refractivity contribution in [3.8, 4) is 0 Å². The van der Waals surface area contributed by atoms with Gasteiger partial charge in [-0.15, -0.1) is 6.58 Å². The molecule has 3 fully saturated rings. The summed E-state index contributed by atoms with van der Waals surface area (Å²) in [6, 6.07) is -1.14. The lowest BCUT2D eigenvalue weighted by atomic mass is 9.81. The highest BCUT2D eigenvalue weighted by Crippen LogP contribution is 2.39. The fourth-order valence-electron chi connectivity index (χ4n) is 9.42. The van der Waals surface area contributed by atoms with Crippen molar-refractivity contribution in [2.75, 3.05) is 27.9 Å². The Bertz CT molecular complexity index is 1490. The molecule has 0 aromatic carbocycles. The predicted octanol–water partition coefficient (Wildman–Crippen LogP) is 4.75. The number of esters is 1. The van der Waals surface area contributed by atoms with Gasteiger partial charge in [-0.2, -0.15) is 0 Å². The van der Waals surface area contributed by atoms with E-state index in [0.29, 0.717) is 56.9 Å². The number of hydrogen-bond acceptors (Lipinski definition) is 12. The van der Waals surface area contributed by atoms with Gasteiger partial charge in [-0.1, -0.05) is 44.6 Å². The standard InChI is InChI=1S/C44H69NO12/c1-10-13-31-19-25(2)18-26(3)20-37(54-8)40-38(55-9)22-28(5)44(52,57-40)41(49)42(50)45-17-12-11-14-32(45)43(51)56-39(29(6)34(47)24-35(31)48)27(4)21-30-15-16-33(46)36(23-30)53-7/h10,19,21,26,28-34,36-40,46-47,52H,1,11-18,20,22-24H2,2-9H3/p+1/b25-19+,27-21+/t26-,28+,29+,30-,31+,32-,33+,34-,36+,37-,38-,39+,40+,44+/m0/s1. The molecule has 3 heterocycles. The van der Waals surface area contributed by atoms with E-state index in [1.54, 1.807) is 27.0 Å². The predicted molar refractivity (Wildman–Crippen MR) is 214 cm³/mol. The summed E-state index contributed by atoms with van der Waals surface area (Å²) in [5.74, 6) is -7.76. The number of nitrogens with zero attached hydrogens (tertiary/aromatic N) is 1. The quantitative estimate of drug-likeness (QED) is 0.183. The number of cyclic esters (lactones) is 1. The number of Topliss-reactive ketones (excluding diaryl/α,β-unsaturated/α-hetero) is 2. The second-order valence-electron chi connectivity index (χ2n) is 17.3. The maximum Gasteiger partial charge on any atom is 1.00 e. The Hall–Kier alpha value is -2.78. The van der Waals surface area contributed by atoms with E-state index in [9.17, 15) is 34.5 Å². The molecule has 14 atom stereocenters. The number of methoxy groups -OCH3 is 3. The Balaban J connectivity index is 0.00000900. The molecule has 0 unspecified atom stereocenters. The van der Waals surface area contributed by atoms with E-state index in [4.69, 9.17) is 23.7 Å². The van der Waals surface area contributed by atoms with Gasteiger partial charge in [-0.05, 0) is 95.5 Å². The molecule has 0 spiro atoms. The molecule has 3 aliphatic heterocycles. The molecule has 0 radical (unpaired) electrons. The minimum absolute atomic E-state index is 0. The summed E-state index contributed by atoms with van der Waals surface area (Å²) >= 11 is 0. The maximum atomic E-state index is 14.3. The van der Waals surface area contributed by atoms with Crippen molar-refractivity contribution in [3.05, 3.63) is 36.0 Å². The van der Waals surface area contributed by atoms with Crippen LogP contribution in [0.2, 0.25) is 0 Å². The van der Waals surface area contributed by atoms with Crippen LogP contribution in [0, 0.1) is 29.6 Å². The van der Waals surface area contributed by atoms with Gasteiger partial charge in [0.05, 0.1) is 30.5 Å². The van der Waals surface area contributed by atoms with E-state index in [2.05, 4.69) is 6.58 Å². The summed E-state index contributed by atoms with van der Waals surface area (Å²) < 4.78 is 29.7. The molecule has 1 amide bonds. The largest absolute Gasteiger partial charge is 1.00 e. The van der Waals surface area contributed by atoms with E-state index >= 15 is 0 Å². The number of allylic oxidation sites excluding steroid dienone is 4. The third-order valence-electron chi connectivity index (χ3n) is 12.9. The normalized spacial score (nSPS) is 41.0. The number of aliphatic hydroxyl groups excluding tert-OH is 2. The first-order valence-electron chi connectivity index (χ1n) is 20.9. The van der Waals surface area contributed by atoms with Gasteiger partial charge in [-0.25, -0.2) is 4.79 Å². The number of hydrogen-bond donors (Lipinski definition) is 3. The highest BCUT2D eigenvalue weighted by molar-refractivity contribution is 6.39. The molecule has 322 valence electrons. The first kappa shape index (κ1) is 46.9. The van der Waals surface area contributed by atoms with Crippen LogP contribution >= 0.6 is 0 Å². The van der Waals surface area contributed by atoms with Crippen LogP contribution in [0.3, 0.4) is 0 Å². The van der Waals surface area contributed by atoms with E-state index in [1.807, 2.05) is 32.9 Å². The first-order valence-corrected chi connectivity index (χ1v) is 20.9. The number of rotatable bonds is 7. The Morgan fingerprint density at radius 2 is 1.61 bits per heavy atom. The fourth-order valence-corrected chi connectivity index (χ4v) is 9.42. The zero-order valence-electron chi connectivity index (χ0n) is 36.4. The van der Waals surface area contributed by atoms with Crippen molar-refractivity contribution in [2.45, 2.75) is 160 Å². The molecule has 4 aliphatic rings. The van der Waals surface area contributed by atoms with Gasteiger partial charge in [0.25, 0.3) is 11.7 Å². The van der Waals surface area contributed by atoms with Gasteiger partial charge in [-0.3, -0.25) is 14.4 Å². The summed E-state index contributed by atoms with van der Waals surface area (Å²) in [7, 11) is 4.61. The number of piperidine rings is 1. The van der Waals surface area contributed by atoms with Crippen molar-refractivity contribution >= 4 is 23.4 Å². The number of aliphatic hydroxyl groups is 3. The topological polar surface area (TPSA) is 178 Å². The minimum atomic E-state index is -2.51. The van der Waals surface area contributed by atoms with Crippen LogP contribution in [-0.2, 0) is 42.9 Å². The molecule has 2 bridgehead atoms. The van der Waals surface area contributed by atoms with Gasteiger partial charge in [0.2, 0.25) is 5.79 Å². The van der Waals surface area contributed by atoms with E-state index < -0.39 is 83.9 Å². The van der Waals surface area contributed by atoms with Crippen LogP contribution in [0.1, 0.15) is 107 Å². The molecular weight excluding hydrogens is 734 g/mol. The van der Waals surface area contributed by atoms with Crippen molar-refractivity contribution in [1.82, 2.24) is 4.90 Å². The number of amides is 1. The van der Waals surface area contributed by atoms with Crippen LogP contribution in [0.25, 0.3) is 0 Å². The summed E-state index contributed by atoms with van der Waals surface area (Å²) in [6.07, 6.45) is 4.93. The van der Waals surface area contributed by atoms with Gasteiger partial charge < -0.3 is 43.9 Å². The summed E-state index contributed by atoms with van der Waals surface area (Å²) in [4.78, 5) is 57.8. The second kappa shape index (κ2) is 21.0. The first-order chi connectivity index (χ1) is 27.0. The molecule has 1 aliphatic carbocycles. The average Bonchev–Trinajstić information content (AvgIpc) is 3.18. The SMILES string of the molecule is C=CC[C@@H]1/C=C(\C)C[C@H](C)C[C@H](OC)[C@H]2O[C@@](O)(C(=O)C(=O)N3CCCC[C@H]3C(=O)O[C@H](/C(C)=C/[C@@H]3CC[C@@H](O)[C@H](OC)C3)[C@H](C)[C@@H](O)CC1=O)[C@H](C)C[C@@H]2OC.[H+]. The molecule has 3 N–H and O–H groups in total. The molecule has 0 aromatic rings. The number of ether oxygens (including phenoxy) is 5. The molecule has 13 heteroatoms. The zero-order chi connectivity index (χ0) is 42.2. The lowest BCUT2D eigenvalue weighted by molar-refractivity contribution is -0.302. The van der Waals surface area contributed by atoms with Crippen molar-refractivity contribution < 1.29 is 59.6 Å². The Morgan fingerprint density at radius 3 is 2.26 bits per heavy atom. The molecule has 2 saturated heterocycles. The lowest BCUT2D eigenvalue weighted by Crippen LogP contribution is -2.64. The summed E-state index contributed by atoms with van der Waals surface area (Å²) in [5.41, 5.74) is 1.61. The van der Waals surface area contributed by atoms with Crippen molar-refractivity contribution in [3.63, 3.8) is 0 Å². The van der Waals surface area contributed by atoms with Gasteiger partial charge in [0.15, 0.2) is 0 Å². The smallest absolute Gasteiger partial charge is 0.456 e. The number of fused-ring (bicyclic) bond motifs is 3. The zero-order valence-corrected chi connectivity index (χ0v) is 35.4. The maximum absolute atomic E-state index is 14.3. The van der Waals surface area contributed by atoms with Crippen LogP contribution < -0.4 is 0 Å². The van der Waals surface area contributed by atoms with Gasteiger partial charge in [0, 0.05) is 52.0 Å². The highest BCUT2D eigenvalue weighted by Gasteiger charge is 2.56. The summed E-state index contributed by atoms with van der Waals surface area (Å²) in [6.45, 7) is 13.1. The summed E-state index contributed by atoms with van der Waals surface area (Å²) in [5, 5.41) is 34.1. The van der Waals surface area contributed by atoms with Crippen molar-refractivity contribution in [2.24, 2.45) is 29.6 Å². The van der Waals surface area contributed by atoms with Crippen LogP contribution in [0.4, 0.5) is 0 Å². The average molecular weight is 805 g/mol. The minimum Gasteiger partial charge on any atom is -0.456 e. The third-order valence-corrected chi connectivity index (χ3v) is 12.9. The Labute approximate surface area is 340 Å². The van der Waals surface area contributed by atoms with Crippen LogP contribution in [0.5, 0.6) is 0 Å². The Kier molecular flexibility index (Phi) is 17.2. The molecule has 57 heavy (non-hydrogen) atoms. The highest BCUT2D eigenvalue weighted by atomic mass is 16.7. The number of ketones is 2. The fraction of sp³-hybridized carbons (Fsp3) is 0.773. The molecule has 4 rings (SSSR count). The second-order valence-corrected chi connectivity index (χ2v) is 17.3. The molecule has 1 saturated carbocycles. The molecule has 0 aromatic heterocycles. The number of carbonyl (C=O) groups excluding carboxylic acids is 4. The molecule has 13 nitrogen and oxygen atoms in total. The van der Waals surface area contributed by atoms with Gasteiger partial charge in [0.1, 0.15) is 24.0 Å². The Morgan fingerprint density at radius 1 is 0.947 bits per heavy atom. The van der Waals surface area contributed by atoms with Crippen molar-refractivity contribution in [1.29, 1.82) is 0 Å². The van der Waals surface area contributed by atoms with Crippen LogP contribution in [0.15, 0.2) is 36.0 Å². The van der Waals surface area contributed by atoms with E-state index in [1.165, 1.54) is 19.1 Å². The van der Waals surface area contributed by atoms with E-state index in [0.717, 1.165) is 5.57 Å². The number of carbonyl (C=O) groups is 4. The van der Waals surface area contributed by atoms with Gasteiger partial charge >= 0.3 is 7.40 Å². The van der Waals surface area contributed by atoms with E-state index in [-0.39, 0.29) is 51.0 Å². The van der Waals surface area contributed by atoms with Crippen LogP contribution in [-0.4, -0.2) is 126 Å².